The highest BCUT2D eigenvalue weighted by atomic mass is 19.1. The first-order chi connectivity index (χ1) is 10.0. The van der Waals surface area contributed by atoms with Crippen LogP contribution in [0.5, 0.6) is 17.2 Å². The van der Waals surface area contributed by atoms with E-state index in [1.165, 1.54) is 25.3 Å². The van der Waals surface area contributed by atoms with Crippen molar-refractivity contribution < 1.29 is 18.8 Å². The SMILES string of the molecule is COc1cc(C#N)ccc1Oc1cc(F)cc([N+](=O)[O-])c1. The summed E-state index contributed by atoms with van der Waals surface area (Å²) < 4.78 is 23.8. The van der Waals surface area contributed by atoms with Crippen LogP contribution >= 0.6 is 0 Å². The third-order valence-electron chi connectivity index (χ3n) is 2.59. The minimum absolute atomic E-state index is 0.0373. The summed E-state index contributed by atoms with van der Waals surface area (Å²) in [4.78, 5) is 9.97. The van der Waals surface area contributed by atoms with Gasteiger partial charge in [-0.25, -0.2) is 4.39 Å². The van der Waals surface area contributed by atoms with Crippen LogP contribution in [0.15, 0.2) is 36.4 Å². The average molecular weight is 288 g/mol. The fraction of sp³-hybridized carbons (Fsp3) is 0.0714. The fourth-order valence-electron chi connectivity index (χ4n) is 1.66. The van der Waals surface area contributed by atoms with Crippen molar-refractivity contribution in [3.05, 3.63) is 57.9 Å². The Balaban J connectivity index is 2.38. The smallest absolute Gasteiger partial charge is 0.276 e. The van der Waals surface area contributed by atoms with E-state index < -0.39 is 16.4 Å². The molecule has 0 aliphatic rings. The zero-order valence-corrected chi connectivity index (χ0v) is 10.9. The molecule has 0 heterocycles. The van der Waals surface area contributed by atoms with Gasteiger partial charge >= 0.3 is 0 Å². The number of non-ortho nitro benzene ring substituents is 1. The Hall–Kier alpha value is -3.14. The summed E-state index contributed by atoms with van der Waals surface area (Å²) in [5.41, 5.74) is -0.0537. The first kappa shape index (κ1) is 14.3. The van der Waals surface area contributed by atoms with Crippen LogP contribution in [0.3, 0.4) is 0 Å². The Morgan fingerprint density at radius 2 is 2.00 bits per heavy atom. The second-order valence-corrected chi connectivity index (χ2v) is 3.98. The van der Waals surface area contributed by atoms with Gasteiger partial charge in [0.1, 0.15) is 11.6 Å². The summed E-state index contributed by atoms with van der Waals surface area (Å²) in [7, 11) is 1.39. The van der Waals surface area contributed by atoms with Crippen LogP contribution < -0.4 is 9.47 Å². The van der Waals surface area contributed by atoms with Gasteiger partial charge in [-0.05, 0) is 12.1 Å². The number of nitrogens with zero attached hydrogens (tertiary/aromatic N) is 2. The minimum Gasteiger partial charge on any atom is -0.493 e. The lowest BCUT2D eigenvalue weighted by Gasteiger charge is -2.10. The summed E-state index contributed by atoms with van der Waals surface area (Å²) in [5, 5.41) is 19.5. The minimum atomic E-state index is -0.785. The Bertz CT molecular complexity index is 740. The number of nitro groups is 1. The van der Waals surface area contributed by atoms with E-state index in [1.54, 1.807) is 0 Å². The molecule has 106 valence electrons. The van der Waals surface area contributed by atoms with Crippen LogP contribution in [-0.2, 0) is 0 Å². The van der Waals surface area contributed by atoms with E-state index >= 15 is 0 Å². The van der Waals surface area contributed by atoms with Gasteiger partial charge in [0.05, 0.1) is 35.8 Å². The Kier molecular flexibility index (Phi) is 4.00. The second kappa shape index (κ2) is 5.88. The number of methoxy groups -OCH3 is 1. The highest BCUT2D eigenvalue weighted by molar-refractivity contribution is 5.49. The molecule has 0 aliphatic heterocycles. The molecule has 0 saturated heterocycles. The molecule has 0 unspecified atom stereocenters. The van der Waals surface area contributed by atoms with Crippen molar-refractivity contribution in [3.8, 4) is 23.3 Å². The predicted molar refractivity (Wildman–Crippen MR) is 70.8 cm³/mol. The molecule has 7 heteroatoms. The van der Waals surface area contributed by atoms with E-state index in [2.05, 4.69) is 0 Å². The maximum atomic E-state index is 13.3. The van der Waals surface area contributed by atoms with Gasteiger partial charge in [-0.1, -0.05) is 0 Å². The third kappa shape index (κ3) is 3.25. The summed E-state index contributed by atoms with van der Waals surface area (Å²) in [5.74, 6) is -0.339. The number of halogens is 1. The lowest BCUT2D eigenvalue weighted by atomic mass is 10.2. The Morgan fingerprint density at radius 3 is 2.62 bits per heavy atom. The van der Waals surface area contributed by atoms with Gasteiger partial charge in [-0.15, -0.1) is 0 Å². The molecule has 6 nitrogen and oxygen atoms in total. The molecule has 0 saturated carbocycles. The highest BCUT2D eigenvalue weighted by Crippen LogP contribution is 2.33. The molecule has 0 N–H and O–H groups in total. The molecule has 2 aromatic rings. The van der Waals surface area contributed by atoms with E-state index in [0.717, 1.165) is 18.2 Å². The van der Waals surface area contributed by atoms with Gasteiger partial charge in [-0.3, -0.25) is 10.1 Å². The van der Waals surface area contributed by atoms with Gasteiger partial charge in [-0.2, -0.15) is 5.26 Å². The van der Waals surface area contributed by atoms with Crippen molar-refractivity contribution in [2.45, 2.75) is 0 Å². The van der Waals surface area contributed by atoms with E-state index in [0.29, 0.717) is 5.56 Å². The van der Waals surface area contributed by atoms with Crippen molar-refractivity contribution in [2.75, 3.05) is 7.11 Å². The zero-order valence-electron chi connectivity index (χ0n) is 10.9. The molecule has 0 amide bonds. The van der Waals surface area contributed by atoms with Gasteiger partial charge in [0.2, 0.25) is 0 Å². The van der Waals surface area contributed by atoms with E-state index in [1.807, 2.05) is 6.07 Å². The van der Waals surface area contributed by atoms with Gasteiger partial charge in [0.15, 0.2) is 11.5 Å². The van der Waals surface area contributed by atoms with Crippen LogP contribution in [-0.4, -0.2) is 12.0 Å². The third-order valence-corrected chi connectivity index (χ3v) is 2.59. The molecule has 0 spiro atoms. The average Bonchev–Trinajstić information content (AvgIpc) is 2.47. The maximum absolute atomic E-state index is 13.3. The summed E-state index contributed by atoms with van der Waals surface area (Å²) >= 11 is 0. The predicted octanol–water partition coefficient (Wildman–Crippen LogP) is 3.41. The molecule has 0 aliphatic carbocycles. The lowest BCUT2D eigenvalue weighted by Crippen LogP contribution is -1.94. The quantitative estimate of drug-likeness (QED) is 0.635. The van der Waals surface area contributed by atoms with Gasteiger partial charge < -0.3 is 9.47 Å². The van der Waals surface area contributed by atoms with Crippen molar-refractivity contribution >= 4 is 5.69 Å². The number of hydrogen-bond donors (Lipinski definition) is 0. The first-order valence-electron chi connectivity index (χ1n) is 5.74. The molecule has 0 atom stereocenters. The van der Waals surface area contributed by atoms with Crippen LogP contribution in [0.2, 0.25) is 0 Å². The number of nitriles is 1. The van der Waals surface area contributed by atoms with Crippen molar-refractivity contribution in [3.63, 3.8) is 0 Å². The highest BCUT2D eigenvalue weighted by Gasteiger charge is 2.13. The van der Waals surface area contributed by atoms with Gasteiger partial charge in [0, 0.05) is 12.1 Å². The van der Waals surface area contributed by atoms with Crippen molar-refractivity contribution in [1.29, 1.82) is 5.26 Å². The van der Waals surface area contributed by atoms with Crippen LogP contribution in [0.1, 0.15) is 5.56 Å². The second-order valence-electron chi connectivity index (χ2n) is 3.98. The van der Waals surface area contributed by atoms with Gasteiger partial charge in [0.25, 0.3) is 5.69 Å². The normalized spacial score (nSPS) is 9.76. The largest absolute Gasteiger partial charge is 0.493 e. The maximum Gasteiger partial charge on any atom is 0.276 e. The molecule has 2 aromatic carbocycles. The number of hydrogen-bond acceptors (Lipinski definition) is 5. The standard InChI is InChI=1S/C14H9FN2O4/c1-20-14-4-9(8-16)2-3-13(14)21-12-6-10(15)5-11(7-12)17(18)19/h2-7H,1H3. The van der Waals surface area contributed by atoms with E-state index in [9.17, 15) is 14.5 Å². The lowest BCUT2D eigenvalue weighted by molar-refractivity contribution is -0.385. The number of benzene rings is 2. The molecule has 0 fully saturated rings. The van der Waals surface area contributed by atoms with E-state index in [4.69, 9.17) is 14.7 Å². The number of nitro benzene ring substituents is 1. The Labute approximate surface area is 119 Å². The van der Waals surface area contributed by atoms with Crippen LogP contribution in [0.4, 0.5) is 10.1 Å². The number of rotatable bonds is 4. The van der Waals surface area contributed by atoms with Crippen LogP contribution in [0, 0.1) is 27.3 Å². The van der Waals surface area contributed by atoms with Crippen LogP contribution in [0.25, 0.3) is 0 Å². The topological polar surface area (TPSA) is 85.4 Å². The van der Waals surface area contributed by atoms with Crippen molar-refractivity contribution in [2.24, 2.45) is 0 Å². The fourth-order valence-corrected chi connectivity index (χ4v) is 1.66. The van der Waals surface area contributed by atoms with Crippen molar-refractivity contribution in [1.82, 2.24) is 0 Å². The summed E-state index contributed by atoms with van der Waals surface area (Å²) in [6, 6.07) is 9.26. The first-order valence-corrected chi connectivity index (χ1v) is 5.74. The summed E-state index contributed by atoms with van der Waals surface area (Å²) in [6.07, 6.45) is 0. The number of ether oxygens (including phenoxy) is 2. The Morgan fingerprint density at radius 1 is 1.24 bits per heavy atom. The molecular weight excluding hydrogens is 279 g/mol. The summed E-state index contributed by atoms with van der Waals surface area (Å²) in [6.45, 7) is 0. The molecule has 2 rings (SSSR count). The monoisotopic (exact) mass is 288 g/mol. The zero-order chi connectivity index (χ0) is 15.4. The molecular formula is C14H9FN2O4. The molecule has 21 heavy (non-hydrogen) atoms. The van der Waals surface area contributed by atoms with E-state index in [-0.39, 0.29) is 17.2 Å². The molecule has 0 aromatic heterocycles. The molecule has 0 radical (unpaired) electrons. The molecule has 0 bridgehead atoms.